The number of rotatable bonds is 2. The van der Waals surface area contributed by atoms with Crippen LogP contribution in [0.2, 0.25) is 0 Å². The largest absolute Gasteiger partial charge is 0.497 e. The molecule has 3 aromatic rings. The number of hydrogen-bond donors (Lipinski definition) is 0. The highest BCUT2D eigenvalue weighted by Gasteiger charge is 2.22. The lowest BCUT2D eigenvalue weighted by atomic mass is 9.90. The van der Waals surface area contributed by atoms with Crippen molar-refractivity contribution in [3.63, 3.8) is 0 Å². The van der Waals surface area contributed by atoms with Crippen molar-refractivity contribution in [2.45, 2.75) is 0 Å². The first-order chi connectivity index (χ1) is 11.2. The summed E-state index contributed by atoms with van der Waals surface area (Å²) in [5.41, 5.74) is 2.46. The first-order valence-electron chi connectivity index (χ1n) is 7.15. The van der Waals surface area contributed by atoms with Crippen LogP contribution in [0.25, 0.3) is 28.2 Å². The maximum absolute atomic E-state index is 12.5. The van der Waals surface area contributed by atoms with Crippen LogP contribution in [-0.2, 0) is 0 Å². The van der Waals surface area contributed by atoms with Crippen molar-refractivity contribution in [3.8, 4) is 16.9 Å². The Kier molecular flexibility index (Phi) is 2.91. The van der Waals surface area contributed by atoms with Crippen molar-refractivity contribution < 1.29 is 13.9 Å². The molecule has 0 aliphatic heterocycles. The van der Waals surface area contributed by atoms with Crippen LogP contribution in [0.3, 0.4) is 0 Å². The van der Waals surface area contributed by atoms with E-state index in [4.69, 9.17) is 9.15 Å². The van der Waals surface area contributed by atoms with Gasteiger partial charge in [-0.3, -0.25) is 4.79 Å². The second-order valence-corrected chi connectivity index (χ2v) is 5.28. The van der Waals surface area contributed by atoms with Crippen molar-refractivity contribution in [1.82, 2.24) is 0 Å². The summed E-state index contributed by atoms with van der Waals surface area (Å²) < 4.78 is 10.6. The summed E-state index contributed by atoms with van der Waals surface area (Å²) in [7, 11) is 1.59. The van der Waals surface area contributed by atoms with Gasteiger partial charge in [0.2, 0.25) is 0 Å². The Hall–Kier alpha value is -3.14. The molecule has 0 amide bonds. The zero-order chi connectivity index (χ0) is 16.0. The molecule has 1 aliphatic rings. The van der Waals surface area contributed by atoms with E-state index in [1.165, 1.54) is 6.08 Å². The fraction of sp³-hybridized carbons (Fsp3) is 0.0526. The molecular formula is C19H12O4. The predicted molar refractivity (Wildman–Crippen MR) is 87.8 cm³/mol. The molecule has 0 spiro atoms. The molecular weight excluding hydrogens is 292 g/mol. The van der Waals surface area contributed by atoms with Crippen molar-refractivity contribution >= 4 is 22.8 Å². The predicted octanol–water partition coefficient (Wildman–Crippen LogP) is 3.68. The zero-order valence-corrected chi connectivity index (χ0v) is 12.3. The van der Waals surface area contributed by atoms with E-state index in [-0.39, 0.29) is 5.78 Å². The molecule has 2 aromatic carbocycles. The van der Waals surface area contributed by atoms with Gasteiger partial charge in [0.1, 0.15) is 11.3 Å². The minimum Gasteiger partial charge on any atom is -0.497 e. The van der Waals surface area contributed by atoms with Gasteiger partial charge in [0.05, 0.1) is 12.7 Å². The maximum atomic E-state index is 12.5. The molecule has 4 heteroatoms. The molecule has 1 heterocycles. The molecule has 0 radical (unpaired) electrons. The summed E-state index contributed by atoms with van der Waals surface area (Å²) in [6.07, 6.45) is 3.18. The van der Waals surface area contributed by atoms with Crippen LogP contribution in [0.5, 0.6) is 5.75 Å². The average molecular weight is 304 g/mol. The molecule has 0 fully saturated rings. The monoisotopic (exact) mass is 304 g/mol. The Bertz CT molecular complexity index is 1020. The number of methoxy groups -OCH3 is 1. The molecule has 0 saturated carbocycles. The molecule has 1 aromatic heterocycles. The lowest BCUT2D eigenvalue weighted by Gasteiger charge is -2.14. The Morgan fingerprint density at radius 2 is 1.74 bits per heavy atom. The van der Waals surface area contributed by atoms with E-state index < -0.39 is 5.63 Å². The van der Waals surface area contributed by atoms with Gasteiger partial charge in [-0.1, -0.05) is 24.3 Å². The van der Waals surface area contributed by atoms with Gasteiger partial charge in [-0.25, -0.2) is 4.79 Å². The van der Waals surface area contributed by atoms with Crippen molar-refractivity contribution in [1.29, 1.82) is 0 Å². The van der Waals surface area contributed by atoms with Gasteiger partial charge in [-0.15, -0.1) is 0 Å². The SMILES string of the molecule is COc1ccc(-c2c3c4c(cccc4oc2=O)C(=O)C=C3)cc1. The topological polar surface area (TPSA) is 56.5 Å². The molecule has 0 N–H and O–H groups in total. The first kappa shape index (κ1) is 13.5. The van der Waals surface area contributed by atoms with Crippen molar-refractivity contribution in [2.75, 3.05) is 7.11 Å². The van der Waals surface area contributed by atoms with Gasteiger partial charge >= 0.3 is 5.63 Å². The summed E-state index contributed by atoms with van der Waals surface area (Å²) in [5, 5.41) is 0.686. The third kappa shape index (κ3) is 1.99. The number of carbonyl (C=O) groups is 1. The lowest BCUT2D eigenvalue weighted by molar-refractivity contribution is 0.104. The zero-order valence-electron chi connectivity index (χ0n) is 12.3. The highest BCUT2D eigenvalue weighted by molar-refractivity contribution is 6.20. The maximum Gasteiger partial charge on any atom is 0.344 e. The van der Waals surface area contributed by atoms with Gasteiger partial charge in [0.15, 0.2) is 5.78 Å². The second kappa shape index (κ2) is 4.95. The number of ketones is 1. The minimum atomic E-state index is -0.422. The third-order valence-electron chi connectivity index (χ3n) is 4.02. The summed E-state index contributed by atoms with van der Waals surface area (Å²) in [6.45, 7) is 0. The second-order valence-electron chi connectivity index (χ2n) is 5.28. The highest BCUT2D eigenvalue weighted by atomic mass is 16.5. The van der Waals surface area contributed by atoms with E-state index >= 15 is 0 Å². The fourth-order valence-electron chi connectivity index (χ4n) is 2.93. The van der Waals surface area contributed by atoms with Crippen LogP contribution in [0, 0.1) is 0 Å². The first-order valence-corrected chi connectivity index (χ1v) is 7.15. The van der Waals surface area contributed by atoms with E-state index in [0.29, 0.717) is 27.8 Å². The third-order valence-corrected chi connectivity index (χ3v) is 4.02. The van der Waals surface area contributed by atoms with Crippen LogP contribution in [0.4, 0.5) is 0 Å². The quantitative estimate of drug-likeness (QED) is 0.678. The average Bonchev–Trinajstić information content (AvgIpc) is 2.58. The van der Waals surface area contributed by atoms with Crippen molar-refractivity contribution in [3.05, 3.63) is 70.1 Å². The smallest absolute Gasteiger partial charge is 0.344 e. The van der Waals surface area contributed by atoms with Crippen LogP contribution < -0.4 is 10.4 Å². The molecule has 23 heavy (non-hydrogen) atoms. The molecule has 4 rings (SSSR count). The Morgan fingerprint density at radius 3 is 2.48 bits per heavy atom. The summed E-state index contributed by atoms with van der Waals surface area (Å²) in [5.74, 6) is 0.622. The number of hydrogen-bond acceptors (Lipinski definition) is 4. The Labute approximate surface area is 131 Å². The normalized spacial score (nSPS) is 12.7. The fourth-order valence-corrected chi connectivity index (χ4v) is 2.93. The summed E-state index contributed by atoms with van der Waals surface area (Å²) in [6, 6.07) is 12.4. The van der Waals surface area contributed by atoms with Gasteiger partial charge in [0.25, 0.3) is 0 Å². The van der Waals surface area contributed by atoms with E-state index in [2.05, 4.69) is 0 Å². The Morgan fingerprint density at radius 1 is 0.957 bits per heavy atom. The Balaban J connectivity index is 2.08. The summed E-state index contributed by atoms with van der Waals surface area (Å²) in [4.78, 5) is 24.5. The standard InChI is InChI=1S/C19H12O4/c1-22-12-7-5-11(6-8-12)17-14-9-10-15(20)13-3-2-4-16(18(13)14)23-19(17)21/h2-10H,1H3. The van der Waals surface area contributed by atoms with Crippen LogP contribution in [0.15, 0.2) is 57.8 Å². The molecule has 1 aliphatic carbocycles. The van der Waals surface area contributed by atoms with Gasteiger partial charge in [-0.05, 0) is 35.9 Å². The molecule has 0 atom stereocenters. The molecule has 112 valence electrons. The number of benzene rings is 2. The lowest BCUT2D eigenvalue weighted by Crippen LogP contribution is -2.10. The van der Waals surface area contributed by atoms with Gasteiger partial charge < -0.3 is 9.15 Å². The van der Waals surface area contributed by atoms with Crippen LogP contribution >= 0.6 is 0 Å². The molecule has 0 saturated heterocycles. The molecule has 4 nitrogen and oxygen atoms in total. The van der Waals surface area contributed by atoms with Crippen LogP contribution in [-0.4, -0.2) is 12.9 Å². The minimum absolute atomic E-state index is 0.0855. The number of allylic oxidation sites excluding steroid dienone is 1. The van der Waals surface area contributed by atoms with Gasteiger partial charge in [0, 0.05) is 16.5 Å². The number of ether oxygens (including phenoxy) is 1. The van der Waals surface area contributed by atoms with Crippen LogP contribution in [0.1, 0.15) is 15.9 Å². The highest BCUT2D eigenvalue weighted by Crippen LogP contribution is 2.34. The summed E-state index contributed by atoms with van der Waals surface area (Å²) >= 11 is 0. The van der Waals surface area contributed by atoms with Crippen molar-refractivity contribution in [2.24, 2.45) is 0 Å². The molecule has 0 bridgehead atoms. The number of carbonyl (C=O) groups excluding carboxylic acids is 1. The van der Waals surface area contributed by atoms with E-state index in [1.807, 2.05) is 0 Å². The van der Waals surface area contributed by atoms with E-state index in [9.17, 15) is 9.59 Å². The molecule has 0 unspecified atom stereocenters. The van der Waals surface area contributed by atoms with Gasteiger partial charge in [-0.2, -0.15) is 0 Å². The van der Waals surface area contributed by atoms with E-state index in [0.717, 1.165) is 11.1 Å². The van der Waals surface area contributed by atoms with E-state index in [1.54, 1.807) is 55.7 Å².